The van der Waals surface area contributed by atoms with Crippen LogP contribution in [0.1, 0.15) is 30.5 Å². The minimum Gasteiger partial charge on any atom is -0.353 e. The lowest BCUT2D eigenvalue weighted by Crippen LogP contribution is -2.29. The Bertz CT molecular complexity index is 647. The maximum atomic E-state index is 12.1. The van der Waals surface area contributed by atoms with E-state index in [9.17, 15) is 4.79 Å². The van der Waals surface area contributed by atoms with E-state index in [0.717, 1.165) is 28.7 Å². The lowest BCUT2D eigenvalue weighted by Gasteiger charge is -2.25. The van der Waals surface area contributed by atoms with Crippen LogP contribution >= 0.6 is 0 Å². The van der Waals surface area contributed by atoms with Crippen LogP contribution in [0.3, 0.4) is 0 Å². The molecular weight excluding hydrogens is 238 g/mol. The molecule has 0 spiro atoms. The van der Waals surface area contributed by atoms with Gasteiger partial charge in [-0.25, -0.2) is 0 Å². The van der Waals surface area contributed by atoms with Gasteiger partial charge in [0.1, 0.15) is 5.52 Å². The quantitative estimate of drug-likeness (QED) is 0.898. The number of piperidine rings is 1. The molecule has 1 aliphatic rings. The van der Waals surface area contributed by atoms with E-state index in [0.29, 0.717) is 0 Å². The van der Waals surface area contributed by atoms with Gasteiger partial charge < -0.3 is 9.55 Å². The van der Waals surface area contributed by atoms with Crippen molar-refractivity contribution in [3.8, 4) is 0 Å². The first kappa shape index (κ1) is 12.5. The SMILES string of the molecule is Cc1cn(C)c(=O)c2[nH]c(CN3CCCCC3)cc12. The number of nitrogens with one attached hydrogen (secondary N) is 1. The van der Waals surface area contributed by atoms with Gasteiger partial charge in [-0.1, -0.05) is 6.42 Å². The summed E-state index contributed by atoms with van der Waals surface area (Å²) in [6.45, 7) is 5.33. The van der Waals surface area contributed by atoms with Gasteiger partial charge in [0.25, 0.3) is 5.56 Å². The zero-order chi connectivity index (χ0) is 13.4. The first-order chi connectivity index (χ1) is 9.15. The molecule has 0 radical (unpaired) electrons. The van der Waals surface area contributed by atoms with E-state index >= 15 is 0 Å². The third-order valence-corrected chi connectivity index (χ3v) is 4.06. The summed E-state index contributed by atoms with van der Waals surface area (Å²) < 4.78 is 1.65. The van der Waals surface area contributed by atoms with Gasteiger partial charge in [0.2, 0.25) is 0 Å². The van der Waals surface area contributed by atoms with Crippen molar-refractivity contribution in [2.75, 3.05) is 13.1 Å². The predicted molar refractivity (Wildman–Crippen MR) is 77.4 cm³/mol. The van der Waals surface area contributed by atoms with Crippen LogP contribution in [-0.4, -0.2) is 27.5 Å². The Morgan fingerprint density at radius 2 is 2.00 bits per heavy atom. The minimum atomic E-state index is 0.0606. The fourth-order valence-electron chi connectivity index (χ4n) is 3.03. The van der Waals surface area contributed by atoms with Crippen LogP contribution in [0.15, 0.2) is 17.1 Å². The number of nitrogens with zero attached hydrogens (tertiary/aromatic N) is 2. The van der Waals surface area contributed by atoms with Crippen molar-refractivity contribution in [1.29, 1.82) is 0 Å². The Morgan fingerprint density at radius 3 is 2.74 bits per heavy atom. The average Bonchev–Trinajstić information content (AvgIpc) is 2.82. The molecule has 1 N–H and O–H groups in total. The second-order valence-corrected chi connectivity index (χ2v) is 5.65. The highest BCUT2D eigenvalue weighted by molar-refractivity contribution is 5.82. The van der Waals surface area contributed by atoms with E-state index in [4.69, 9.17) is 0 Å². The normalized spacial score (nSPS) is 17.2. The summed E-state index contributed by atoms with van der Waals surface area (Å²) in [4.78, 5) is 17.9. The monoisotopic (exact) mass is 259 g/mol. The van der Waals surface area contributed by atoms with Gasteiger partial charge in [0.05, 0.1) is 0 Å². The van der Waals surface area contributed by atoms with E-state index in [-0.39, 0.29) is 5.56 Å². The average molecular weight is 259 g/mol. The highest BCUT2D eigenvalue weighted by Gasteiger charge is 2.13. The van der Waals surface area contributed by atoms with Crippen LogP contribution in [0, 0.1) is 6.92 Å². The fraction of sp³-hybridized carbons (Fsp3) is 0.533. The first-order valence-electron chi connectivity index (χ1n) is 7.05. The van der Waals surface area contributed by atoms with E-state index in [1.54, 1.807) is 11.6 Å². The number of fused-ring (bicyclic) bond motifs is 1. The zero-order valence-electron chi connectivity index (χ0n) is 11.7. The van der Waals surface area contributed by atoms with Gasteiger partial charge in [0.15, 0.2) is 0 Å². The summed E-state index contributed by atoms with van der Waals surface area (Å²) in [5, 5.41) is 1.06. The molecule has 0 amide bonds. The molecule has 0 saturated carbocycles. The molecule has 0 unspecified atom stereocenters. The van der Waals surface area contributed by atoms with Crippen molar-refractivity contribution < 1.29 is 0 Å². The predicted octanol–water partition coefficient (Wildman–Crippen LogP) is 2.16. The van der Waals surface area contributed by atoms with Crippen LogP contribution in [0.4, 0.5) is 0 Å². The molecule has 0 atom stereocenters. The largest absolute Gasteiger partial charge is 0.353 e. The van der Waals surface area contributed by atoms with Gasteiger partial charge in [-0.05, 0) is 44.5 Å². The Morgan fingerprint density at radius 1 is 1.26 bits per heavy atom. The molecule has 0 aromatic carbocycles. The maximum absolute atomic E-state index is 12.1. The third-order valence-electron chi connectivity index (χ3n) is 4.06. The summed E-state index contributed by atoms with van der Waals surface area (Å²) in [7, 11) is 1.81. The van der Waals surface area contributed by atoms with Crippen molar-refractivity contribution in [3.05, 3.63) is 33.9 Å². The summed E-state index contributed by atoms with van der Waals surface area (Å²) in [6.07, 6.45) is 5.84. The molecule has 2 aromatic rings. The second kappa shape index (κ2) is 4.85. The van der Waals surface area contributed by atoms with E-state index in [1.807, 2.05) is 6.20 Å². The fourth-order valence-corrected chi connectivity index (χ4v) is 3.03. The van der Waals surface area contributed by atoms with Crippen LogP contribution in [0.5, 0.6) is 0 Å². The third kappa shape index (κ3) is 2.32. The molecule has 102 valence electrons. The minimum absolute atomic E-state index is 0.0606. The Labute approximate surface area is 113 Å². The number of aryl methyl sites for hydroxylation is 2. The van der Waals surface area contributed by atoms with Crippen molar-refractivity contribution >= 4 is 10.9 Å². The van der Waals surface area contributed by atoms with E-state index in [2.05, 4.69) is 22.9 Å². The number of hydrogen-bond acceptors (Lipinski definition) is 2. The molecule has 2 aromatic heterocycles. The number of hydrogen-bond donors (Lipinski definition) is 1. The Hall–Kier alpha value is -1.55. The molecule has 4 heteroatoms. The Kier molecular flexibility index (Phi) is 3.19. The lowest BCUT2D eigenvalue weighted by molar-refractivity contribution is 0.219. The van der Waals surface area contributed by atoms with Crippen LogP contribution in [0.2, 0.25) is 0 Å². The van der Waals surface area contributed by atoms with Crippen LogP contribution in [0.25, 0.3) is 10.9 Å². The van der Waals surface area contributed by atoms with E-state index in [1.165, 1.54) is 32.4 Å². The maximum Gasteiger partial charge on any atom is 0.274 e. The standard InChI is InChI=1S/C15H21N3O/c1-11-9-17(2)15(19)14-13(11)8-12(16-14)10-18-6-4-3-5-7-18/h8-9,16H,3-7,10H2,1-2H3. The highest BCUT2D eigenvalue weighted by Crippen LogP contribution is 2.18. The van der Waals surface area contributed by atoms with Crippen LogP contribution in [-0.2, 0) is 13.6 Å². The molecule has 0 aliphatic carbocycles. The second-order valence-electron chi connectivity index (χ2n) is 5.65. The molecule has 19 heavy (non-hydrogen) atoms. The van der Waals surface area contributed by atoms with Gasteiger partial charge >= 0.3 is 0 Å². The zero-order valence-corrected chi connectivity index (χ0v) is 11.7. The Balaban J connectivity index is 1.95. The van der Waals surface area contributed by atoms with Crippen molar-refractivity contribution in [2.45, 2.75) is 32.7 Å². The first-order valence-corrected chi connectivity index (χ1v) is 7.05. The molecule has 1 fully saturated rings. The summed E-state index contributed by atoms with van der Waals surface area (Å²) in [5.41, 5.74) is 3.11. The lowest BCUT2D eigenvalue weighted by atomic mass is 10.1. The topological polar surface area (TPSA) is 41.0 Å². The van der Waals surface area contributed by atoms with Crippen molar-refractivity contribution in [3.63, 3.8) is 0 Å². The molecule has 3 heterocycles. The van der Waals surface area contributed by atoms with Crippen LogP contribution < -0.4 is 5.56 Å². The number of aromatic amines is 1. The molecule has 0 bridgehead atoms. The smallest absolute Gasteiger partial charge is 0.274 e. The summed E-state index contributed by atoms with van der Waals surface area (Å²) >= 11 is 0. The van der Waals surface area contributed by atoms with Gasteiger partial charge in [-0.2, -0.15) is 0 Å². The van der Waals surface area contributed by atoms with E-state index < -0.39 is 0 Å². The highest BCUT2D eigenvalue weighted by atomic mass is 16.1. The number of likely N-dealkylation sites (tertiary alicyclic amines) is 1. The molecule has 1 saturated heterocycles. The van der Waals surface area contributed by atoms with Gasteiger partial charge in [-0.15, -0.1) is 0 Å². The van der Waals surface area contributed by atoms with Crippen molar-refractivity contribution in [1.82, 2.24) is 14.5 Å². The van der Waals surface area contributed by atoms with Crippen molar-refractivity contribution in [2.24, 2.45) is 7.05 Å². The number of aromatic nitrogens is 2. The summed E-state index contributed by atoms with van der Waals surface area (Å²) in [5.74, 6) is 0. The summed E-state index contributed by atoms with van der Waals surface area (Å²) in [6, 6.07) is 2.14. The van der Waals surface area contributed by atoms with Gasteiger partial charge in [-0.3, -0.25) is 9.69 Å². The molecular formula is C15H21N3O. The molecule has 1 aliphatic heterocycles. The molecule has 4 nitrogen and oxygen atoms in total. The van der Waals surface area contributed by atoms with Gasteiger partial charge in [0, 0.05) is 30.9 Å². The number of rotatable bonds is 2. The molecule has 3 rings (SSSR count). The number of H-pyrrole nitrogens is 1. The number of pyridine rings is 1.